The van der Waals surface area contributed by atoms with Gasteiger partial charge in [-0.1, -0.05) is 4.49 Å². The van der Waals surface area contributed by atoms with Crippen LogP contribution >= 0.6 is 11.5 Å². The number of aromatic nitrogens is 2. The number of carboxylic acids is 1. The lowest BCUT2D eigenvalue weighted by molar-refractivity contribution is 0.0699. The summed E-state index contributed by atoms with van der Waals surface area (Å²) in [6.07, 6.45) is 0. The van der Waals surface area contributed by atoms with Crippen molar-refractivity contribution >= 4 is 27.7 Å². The van der Waals surface area contributed by atoms with E-state index in [1.165, 1.54) is 12.1 Å². The molecular formula is C7H4N2O3S. The quantitative estimate of drug-likeness (QED) is 0.713. The van der Waals surface area contributed by atoms with Crippen LogP contribution in [0.2, 0.25) is 0 Å². The molecule has 66 valence electrons. The summed E-state index contributed by atoms with van der Waals surface area (Å²) in [5.74, 6) is -1.20. The van der Waals surface area contributed by atoms with E-state index in [1.807, 2.05) is 0 Å². The van der Waals surface area contributed by atoms with E-state index in [0.29, 0.717) is 10.2 Å². The van der Waals surface area contributed by atoms with Crippen molar-refractivity contribution in [2.24, 2.45) is 0 Å². The van der Waals surface area contributed by atoms with Crippen molar-refractivity contribution in [1.29, 1.82) is 0 Å². The number of hydrogen-bond acceptors (Lipinski definition) is 5. The third-order valence-corrected chi connectivity index (χ3v) is 2.34. The normalized spacial score (nSPS) is 10.5. The molecule has 0 fully saturated rings. The molecule has 0 unspecified atom stereocenters. The Bertz CT molecular complexity index is 480. The maximum absolute atomic E-state index is 10.7. The lowest BCUT2D eigenvalue weighted by atomic mass is 10.2. The number of phenols is 1. The molecule has 2 rings (SSSR count). The molecule has 1 aromatic heterocycles. The van der Waals surface area contributed by atoms with Crippen LogP contribution in [0.4, 0.5) is 0 Å². The summed E-state index contributed by atoms with van der Waals surface area (Å²) in [6.45, 7) is 0. The number of phenolic OH excluding ortho intramolecular Hbond substituents is 1. The van der Waals surface area contributed by atoms with Gasteiger partial charge in [0.05, 0.1) is 10.3 Å². The van der Waals surface area contributed by atoms with E-state index in [-0.39, 0.29) is 11.3 Å². The minimum absolute atomic E-state index is 0.0324. The molecule has 13 heavy (non-hydrogen) atoms. The Kier molecular flexibility index (Phi) is 1.63. The number of rotatable bonds is 1. The van der Waals surface area contributed by atoms with E-state index in [1.54, 1.807) is 0 Å². The number of carbonyl (C=O) groups is 1. The molecule has 0 saturated heterocycles. The number of hydrogen-bond donors (Lipinski definition) is 2. The maximum atomic E-state index is 10.7. The average molecular weight is 196 g/mol. The van der Waals surface area contributed by atoms with Gasteiger partial charge in [0.25, 0.3) is 0 Å². The van der Waals surface area contributed by atoms with Crippen molar-refractivity contribution in [1.82, 2.24) is 9.59 Å². The first-order chi connectivity index (χ1) is 6.18. The molecule has 0 saturated carbocycles. The highest BCUT2D eigenvalue weighted by atomic mass is 32.1. The Balaban J connectivity index is 2.84. The summed E-state index contributed by atoms with van der Waals surface area (Å²) >= 11 is 0.998. The van der Waals surface area contributed by atoms with Crippen LogP contribution in [0.15, 0.2) is 12.1 Å². The first kappa shape index (κ1) is 7.93. The highest BCUT2D eigenvalue weighted by Gasteiger charge is 2.12. The molecule has 2 N–H and O–H groups in total. The fourth-order valence-corrected chi connectivity index (χ4v) is 1.68. The van der Waals surface area contributed by atoms with Crippen LogP contribution in [0.3, 0.4) is 0 Å². The van der Waals surface area contributed by atoms with E-state index in [2.05, 4.69) is 9.59 Å². The van der Waals surface area contributed by atoms with E-state index >= 15 is 0 Å². The Labute approximate surface area is 76.4 Å². The molecular weight excluding hydrogens is 192 g/mol. The zero-order valence-corrected chi connectivity index (χ0v) is 7.08. The Hall–Kier alpha value is -1.69. The molecule has 5 nitrogen and oxygen atoms in total. The molecule has 1 aromatic carbocycles. The van der Waals surface area contributed by atoms with Crippen molar-refractivity contribution < 1.29 is 15.0 Å². The van der Waals surface area contributed by atoms with Gasteiger partial charge < -0.3 is 10.2 Å². The van der Waals surface area contributed by atoms with E-state index in [4.69, 9.17) is 10.2 Å². The molecule has 0 atom stereocenters. The van der Waals surface area contributed by atoms with Crippen molar-refractivity contribution in [3.05, 3.63) is 17.7 Å². The Morgan fingerprint density at radius 2 is 2.23 bits per heavy atom. The topological polar surface area (TPSA) is 83.3 Å². The number of aromatic hydroxyl groups is 1. The Morgan fingerprint density at radius 1 is 1.46 bits per heavy atom. The van der Waals surface area contributed by atoms with Crippen LogP contribution in [-0.4, -0.2) is 25.8 Å². The van der Waals surface area contributed by atoms with E-state index < -0.39 is 5.97 Å². The van der Waals surface area contributed by atoms with Crippen molar-refractivity contribution in [3.8, 4) is 5.75 Å². The fraction of sp³-hybridized carbons (Fsp3) is 0. The smallest absolute Gasteiger partial charge is 0.337 e. The van der Waals surface area contributed by atoms with E-state index in [9.17, 15) is 4.79 Å². The molecule has 0 amide bonds. The molecule has 1 heterocycles. The number of carboxylic acid groups (broad SMARTS) is 1. The van der Waals surface area contributed by atoms with Crippen LogP contribution < -0.4 is 0 Å². The monoisotopic (exact) mass is 196 g/mol. The first-order valence-electron chi connectivity index (χ1n) is 3.37. The van der Waals surface area contributed by atoms with Gasteiger partial charge in [0.1, 0.15) is 11.3 Å². The van der Waals surface area contributed by atoms with Gasteiger partial charge in [-0.2, -0.15) is 0 Å². The molecule has 0 aliphatic rings. The minimum Gasteiger partial charge on any atom is -0.508 e. The number of fused-ring (bicyclic) bond motifs is 1. The first-order valence-corrected chi connectivity index (χ1v) is 4.14. The van der Waals surface area contributed by atoms with Crippen molar-refractivity contribution in [2.45, 2.75) is 0 Å². The minimum atomic E-state index is -1.09. The van der Waals surface area contributed by atoms with Gasteiger partial charge >= 0.3 is 5.97 Å². The molecule has 2 aromatic rings. The van der Waals surface area contributed by atoms with Crippen LogP contribution in [0.5, 0.6) is 5.75 Å². The largest absolute Gasteiger partial charge is 0.508 e. The maximum Gasteiger partial charge on any atom is 0.337 e. The second kappa shape index (κ2) is 2.67. The van der Waals surface area contributed by atoms with Gasteiger partial charge in [-0.05, 0) is 17.6 Å². The summed E-state index contributed by atoms with van der Waals surface area (Å²) in [4.78, 5) is 10.7. The molecule has 6 heteroatoms. The third kappa shape index (κ3) is 1.20. The van der Waals surface area contributed by atoms with Gasteiger partial charge in [-0.3, -0.25) is 0 Å². The lowest BCUT2D eigenvalue weighted by Crippen LogP contribution is -1.95. The van der Waals surface area contributed by atoms with Crippen molar-refractivity contribution in [2.75, 3.05) is 0 Å². The van der Waals surface area contributed by atoms with Gasteiger partial charge in [0.15, 0.2) is 0 Å². The highest BCUT2D eigenvalue weighted by Crippen LogP contribution is 2.25. The van der Waals surface area contributed by atoms with E-state index in [0.717, 1.165) is 11.5 Å². The van der Waals surface area contributed by atoms with Crippen LogP contribution in [0.25, 0.3) is 10.2 Å². The molecule has 0 radical (unpaired) electrons. The zero-order chi connectivity index (χ0) is 9.42. The van der Waals surface area contributed by atoms with Gasteiger partial charge in [-0.25, -0.2) is 4.79 Å². The second-order valence-electron chi connectivity index (χ2n) is 2.42. The van der Waals surface area contributed by atoms with Gasteiger partial charge in [0, 0.05) is 6.07 Å². The predicted molar refractivity (Wildman–Crippen MR) is 46.0 cm³/mol. The summed E-state index contributed by atoms with van der Waals surface area (Å²) in [7, 11) is 0. The van der Waals surface area contributed by atoms with Crippen LogP contribution in [0.1, 0.15) is 10.4 Å². The van der Waals surface area contributed by atoms with Crippen molar-refractivity contribution in [3.63, 3.8) is 0 Å². The third-order valence-electron chi connectivity index (χ3n) is 1.57. The number of nitrogens with zero attached hydrogens (tertiary/aromatic N) is 2. The molecule has 0 bridgehead atoms. The van der Waals surface area contributed by atoms with Crippen LogP contribution in [-0.2, 0) is 0 Å². The summed E-state index contributed by atoms with van der Waals surface area (Å²) in [5, 5.41) is 21.6. The zero-order valence-electron chi connectivity index (χ0n) is 6.26. The average Bonchev–Trinajstić information content (AvgIpc) is 2.49. The van der Waals surface area contributed by atoms with Crippen LogP contribution in [0, 0.1) is 0 Å². The molecule has 0 aliphatic carbocycles. The standard InChI is InChI=1S/C7H4N2O3S/c10-3-1-4(7(11)12)6-5(2-3)8-9-13-6/h1-2,10H,(H,11,12). The summed E-state index contributed by atoms with van der Waals surface area (Å²) in [6, 6.07) is 2.57. The number of aromatic carboxylic acids is 1. The fourth-order valence-electron chi connectivity index (χ4n) is 1.03. The predicted octanol–water partition coefficient (Wildman–Crippen LogP) is 1.10. The highest BCUT2D eigenvalue weighted by molar-refractivity contribution is 7.13. The molecule has 0 aliphatic heterocycles. The SMILES string of the molecule is O=C(O)c1cc(O)cc2nnsc12. The lowest BCUT2D eigenvalue weighted by Gasteiger charge is -1.95. The molecule has 0 spiro atoms. The van der Waals surface area contributed by atoms with Gasteiger partial charge in [-0.15, -0.1) is 5.10 Å². The summed E-state index contributed by atoms with van der Waals surface area (Å²) in [5.41, 5.74) is 0.437. The Morgan fingerprint density at radius 3 is 2.92 bits per heavy atom. The number of benzene rings is 1. The summed E-state index contributed by atoms with van der Waals surface area (Å²) < 4.78 is 4.08. The van der Waals surface area contributed by atoms with Gasteiger partial charge in [0.2, 0.25) is 0 Å². The second-order valence-corrected chi connectivity index (χ2v) is 3.17.